The number of nitrogens with one attached hydrogen (secondary N) is 1. The molecule has 2 rings (SSSR count). The fourth-order valence-electron chi connectivity index (χ4n) is 3.78. The van der Waals surface area contributed by atoms with E-state index >= 15 is 0 Å². The maximum atomic E-state index is 3.72. The smallest absolute Gasteiger partial charge is 0.0136 e. The number of rotatable bonds is 7. The molecule has 106 valence electrons. The summed E-state index contributed by atoms with van der Waals surface area (Å²) in [5.74, 6) is 0.935. The van der Waals surface area contributed by atoms with Crippen LogP contribution in [0.3, 0.4) is 0 Å². The van der Waals surface area contributed by atoms with Crippen LogP contribution < -0.4 is 5.32 Å². The summed E-state index contributed by atoms with van der Waals surface area (Å²) in [4.78, 5) is 2.77. The van der Waals surface area contributed by atoms with Crippen LogP contribution in [0.1, 0.15) is 64.7 Å². The zero-order valence-corrected chi connectivity index (χ0v) is 12.3. The van der Waals surface area contributed by atoms with E-state index in [1.54, 1.807) is 0 Å². The minimum absolute atomic E-state index is 0.913. The van der Waals surface area contributed by atoms with E-state index in [2.05, 4.69) is 17.1 Å². The van der Waals surface area contributed by atoms with E-state index in [1.165, 1.54) is 84.0 Å². The number of unbranched alkanes of at least 4 members (excludes halogenated alkanes) is 3. The highest BCUT2D eigenvalue weighted by molar-refractivity contribution is 4.87. The highest BCUT2D eigenvalue weighted by Gasteiger charge is 2.32. The summed E-state index contributed by atoms with van der Waals surface area (Å²) in [7, 11) is 0. The maximum Gasteiger partial charge on any atom is 0.0136 e. The monoisotopic (exact) mass is 252 g/mol. The SMILES string of the molecule is CCCCCCNC[C@@H]1CCCN2CCCC[C@H]12. The number of piperidine rings is 2. The number of fused-ring (bicyclic) bond motifs is 1. The zero-order valence-electron chi connectivity index (χ0n) is 12.3. The van der Waals surface area contributed by atoms with Gasteiger partial charge in [0.1, 0.15) is 0 Å². The fraction of sp³-hybridized carbons (Fsp3) is 1.00. The molecule has 0 aromatic rings. The van der Waals surface area contributed by atoms with Crippen molar-refractivity contribution in [2.75, 3.05) is 26.2 Å². The molecule has 18 heavy (non-hydrogen) atoms. The summed E-state index contributed by atoms with van der Waals surface area (Å²) in [5, 5.41) is 3.72. The first-order chi connectivity index (χ1) is 8.92. The Kier molecular flexibility index (Phi) is 6.50. The summed E-state index contributed by atoms with van der Waals surface area (Å²) < 4.78 is 0. The Morgan fingerprint density at radius 3 is 2.78 bits per heavy atom. The third-order valence-corrected chi connectivity index (χ3v) is 4.84. The van der Waals surface area contributed by atoms with Crippen molar-refractivity contribution in [3.8, 4) is 0 Å². The van der Waals surface area contributed by atoms with Crippen molar-refractivity contribution >= 4 is 0 Å². The molecule has 0 spiro atoms. The van der Waals surface area contributed by atoms with Crippen molar-refractivity contribution in [1.29, 1.82) is 0 Å². The fourth-order valence-corrected chi connectivity index (χ4v) is 3.78. The molecule has 0 unspecified atom stereocenters. The van der Waals surface area contributed by atoms with E-state index in [-0.39, 0.29) is 0 Å². The first-order valence-electron chi connectivity index (χ1n) is 8.36. The van der Waals surface area contributed by atoms with Gasteiger partial charge in [0.15, 0.2) is 0 Å². The molecule has 0 aromatic carbocycles. The molecule has 2 fully saturated rings. The van der Waals surface area contributed by atoms with Gasteiger partial charge >= 0.3 is 0 Å². The third kappa shape index (κ3) is 4.24. The third-order valence-electron chi connectivity index (χ3n) is 4.84. The van der Waals surface area contributed by atoms with Crippen molar-refractivity contribution in [1.82, 2.24) is 10.2 Å². The summed E-state index contributed by atoms with van der Waals surface area (Å²) in [5.41, 5.74) is 0. The first kappa shape index (κ1) is 14.3. The van der Waals surface area contributed by atoms with Gasteiger partial charge in [-0.3, -0.25) is 0 Å². The Bertz CT molecular complexity index is 215. The molecular formula is C16H32N2. The van der Waals surface area contributed by atoms with Crippen LogP contribution in [0.5, 0.6) is 0 Å². The standard InChI is InChI=1S/C16H32N2/c1-2-3-4-6-11-17-14-15-9-8-13-18-12-7-5-10-16(15)18/h15-17H,2-14H2,1H3/t15-,16+/m0/s1. The van der Waals surface area contributed by atoms with Crippen molar-refractivity contribution in [3.63, 3.8) is 0 Å². The largest absolute Gasteiger partial charge is 0.316 e. The van der Waals surface area contributed by atoms with Crippen LogP contribution in [0.25, 0.3) is 0 Å². The molecule has 2 heterocycles. The van der Waals surface area contributed by atoms with Crippen LogP contribution in [-0.4, -0.2) is 37.1 Å². The molecule has 0 radical (unpaired) electrons. The van der Waals surface area contributed by atoms with Gasteiger partial charge in [0.2, 0.25) is 0 Å². The van der Waals surface area contributed by atoms with Crippen molar-refractivity contribution in [2.45, 2.75) is 70.8 Å². The quantitative estimate of drug-likeness (QED) is 0.698. The highest BCUT2D eigenvalue weighted by Crippen LogP contribution is 2.30. The van der Waals surface area contributed by atoms with Crippen molar-refractivity contribution < 1.29 is 0 Å². The van der Waals surface area contributed by atoms with Crippen LogP contribution in [0.15, 0.2) is 0 Å². The molecule has 2 aliphatic rings. The van der Waals surface area contributed by atoms with E-state index in [1.807, 2.05) is 0 Å². The molecule has 2 saturated heterocycles. The van der Waals surface area contributed by atoms with Gasteiger partial charge in [0, 0.05) is 6.04 Å². The van der Waals surface area contributed by atoms with E-state index < -0.39 is 0 Å². The molecule has 2 nitrogen and oxygen atoms in total. The van der Waals surface area contributed by atoms with Crippen LogP contribution >= 0.6 is 0 Å². The summed E-state index contributed by atoms with van der Waals surface area (Å²) in [6.07, 6.45) is 12.8. The number of hydrogen-bond acceptors (Lipinski definition) is 2. The lowest BCUT2D eigenvalue weighted by Gasteiger charge is -2.44. The summed E-state index contributed by atoms with van der Waals surface area (Å²) in [6.45, 7) is 7.54. The first-order valence-corrected chi connectivity index (χ1v) is 8.36. The zero-order chi connectivity index (χ0) is 12.6. The van der Waals surface area contributed by atoms with Crippen LogP contribution in [0.4, 0.5) is 0 Å². The minimum atomic E-state index is 0.913. The van der Waals surface area contributed by atoms with Gasteiger partial charge in [-0.2, -0.15) is 0 Å². The van der Waals surface area contributed by atoms with Crippen LogP contribution in [-0.2, 0) is 0 Å². The number of nitrogens with zero attached hydrogens (tertiary/aromatic N) is 1. The second-order valence-electron chi connectivity index (χ2n) is 6.27. The molecule has 2 aliphatic heterocycles. The lowest BCUT2D eigenvalue weighted by Crippen LogP contribution is -2.50. The molecule has 0 aliphatic carbocycles. The van der Waals surface area contributed by atoms with E-state index in [9.17, 15) is 0 Å². The Morgan fingerprint density at radius 2 is 1.89 bits per heavy atom. The predicted molar refractivity (Wildman–Crippen MR) is 78.9 cm³/mol. The van der Waals surface area contributed by atoms with E-state index in [4.69, 9.17) is 0 Å². The van der Waals surface area contributed by atoms with Gasteiger partial charge in [-0.15, -0.1) is 0 Å². The predicted octanol–water partition coefficient (Wildman–Crippen LogP) is 3.42. The van der Waals surface area contributed by atoms with Gasteiger partial charge in [0.05, 0.1) is 0 Å². The summed E-state index contributed by atoms with van der Waals surface area (Å²) in [6, 6.07) is 0.913. The highest BCUT2D eigenvalue weighted by atomic mass is 15.2. The van der Waals surface area contributed by atoms with Crippen LogP contribution in [0, 0.1) is 5.92 Å². The molecule has 2 heteroatoms. The summed E-state index contributed by atoms with van der Waals surface area (Å²) >= 11 is 0. The molecule has 0 aromatic heterocycles. The molecule has 2 atom stereocenters. The number of hydrogen-bond donors (Lipinski definition) is 1. The second kappa shape index (κ2) is 8.16. The Labute approximate surface area is 114 Å². The Balaban J connectivity index is 1.62. The average molecular weight is 252 g/mol. The lowest BCUT2D eigenvalue weighted by molar-refractivity contribution is 0.0595. The van der Waals surface area contributed by atoms with Gasteiger partial charge in [-0.1, -0.05) is 32.6 Å². The van der Waals surface area contributed by atoms with E-state index in [0.717, 1.165) is 12.0 Å². The Morgan fingerprint density at radius 1 is 1.00 bits per heavy atom. The van der Waals surface area contributed by atoms with Crippen molar-refractivity contribution in [2.24, 2.45) is 5.92 Å². The minimum Gasteiger partial charge on any atom is -0.316 e. The second-order valence-corrected chi connectivity index (χ2v) is 6.27. The average Bonchev–Trinajstić information content (AvgIpc) is 2.43. The molecular weight excluding hydrogens is 220 g/mol. The Hall–Kier alpha value is -0.0800. The molecule has 0 bridgehead atoms. The molecule has 0 amide bonds. The van der Waals surface area contributed by atoms with Gasteiger partial charge in [-0.25, -0.2) is 0 Å². The molecule has 0 saturated carbocycles. The van der Waals surface area contributed by atoms with Crippen LogP contribution in [0.2, 0.25) is 0 Å². The topological polar surface area (TPSA) is 15.3 Å². The molecule has 1 N–H and O–H groups in total. The van der Waals surface area contributed by atoms with Gasteiger partial charge < -0.3 is 10.2 Å². The van der Waals surface area contributed by atoms with Gasteiger partial charge in [-0.05, 0) is 64.2 Å². The lowest BCUT2D eigenvalue weighted by atomic mass is 9.83. The normalized spacial score (nSPS) is 29.2. The van der Waals surface area contributed by atoms with E-state index in [0.29, 0.717) is 0 Å². The van der Waals surface area contributed by atoms with Gasteiger partial charge in [0.25, 0.3) is 0 Å². The maximum absolute atomic E-state index is 3.72. The van der Waals surface area contributed by atoms with Crippen molar-refractivity contribution in [3.05, 3.63) is 0 Å².